The maximum atomic E-state index is 12.1. The lowest BCUT2D eigenvalue weighted by Gasteiger charge is -2.09. The number of nitrogen functional groups attached to an aromatic ring is 1. The number of aryl methyl sites for hydroxylation is 1. The fourth-order valence-electron chi connectivity index (χ4n) is 1.62. The van der Waals surface area contributed by atoms with Crippen LogP contribution in [0.25, 0.3) is 0 Å². The van der Waals surface area contributed by atoms with Crippen LogP contribution in [0.4, 0.5) is 11.4 Å². The minimum Gasteiger partial charge on any atom is -0.398 e. The summed E-state index contributed by atoms with van der Waals surface area (Å²) < 4.78 is 0.995. The molecule has 0 atom stereocenters. The molecule has 92 valence electrons. The van der Waals surface area contributed by atoms with Gasteiger partial charge in [-0.05, 0) is 53.8 Å². The smallest absolute Gasteiger partial charge is 0.257 e. The van der Waals surface area contributed by atoms with Gasteiger partial charge in [-0.1, -0.05) is 23.8 Å². The maximum absolute atomic E-state index is 12.1. The van der Waals surface area contributed by atoms with Crippen molar-refractivity contribution in [3.8, 4) is 0 Å². The van der Waals surface area contributed by atoms with Gasteiger partial charge < -0.3 is 11.1 Å². The van der Waals surface area contributed by atoms with Gasteiger partial charge in [0.2, 0.25) is 0 Å². The Morgan fingerprint density at radius 1 is 1.22 bits per heavy atom. The second kappa shape index (κ2) is 5.39. The Morgan fingerprint density at radius 2 is 1.94 bits per heavy atom. The Morgan fingerprint density at radius 3 is 2.67 bits per heavy atom. The normalized spacial score (nSPS) is 10.1. The number of anilines is 2. The van der Waals surface area contributed by atoms with Crippen LogP contribution in [-0.4, -0.2) is 5.91 Å². The Kier molecular flexibility index (Phi) is 3.86. The van der Waals surface area contributed by atoms with Crippen LogP contribution in [0.2, 0.25) is 0 Å². The van der Waals surface area contributed by atoms with E-state index in [-0.39, 0.29) is 5.91 Å². The topological polar surface area (TPSA) is 55.1 Å². The van der Waals surface area contributed by atoms with Crippen molar-refractivity contribution in [3.63, 3.8) is 0 Å². The van der Waals surface area contributed by atoms with Crippen LogP contribution >= 0.6 is 22.6 Å². The Hall–Kier alpha value is -1.56. The van der Waals surface area contributed by atoms with Gasteiger partial charge in [0.05, 0.1) is 11.3 Å². The standard InChI is InChI=1S/C14H13IN2O/c1-9-6-7-12(16)10(8-9)14(18)17-13-5-3-2-4-11(13)15/h2-8H,16H2,1H3,(H,17,18). The number of benzene rings is 2. The highest BCUT2D eigenvalue weighted by atomic mass is 127. The van der Waals surface area contributed by atoms with Gasteiger partial charge in [0.1, 0.15) is 0 Å². The van der Waals surface area contributed by atoms with Crippen molar-refractivity contribution in [2.45, 2.75) is 6.92 Å². The van der Waals surface area contributed by atoms with Crippen LogP contribution in [0.1, 0.15) is 15.9 Å². The summed E-state index contributed by atoms with van der Waals surface area (Å²) in [4.78, 5) is 12.1. The summed E-state index contributed by atoms with van der Waals surface area (Å²) in [6, 6.07) is 13.1. The van der Waals surface area contributed by atoms with Gasteiger partial charge in [-0.2, -0.15) is 0 Å². The van der Waals surface area contributed by atoms with Crippen molar-refractivity contribution in [1.82, 2.24) is 0 Å². The number of rotatable bonds is 2. The summed E-state index contributed by atoms with van der Waals surface area (Å²) in [7, 11) is 0. The van der Waals surface area contributed by atoms with E-state index < -0.39 is 0 Å². The summed E-state index contributed by atoms with van der Waals surface area (Å²) in [5.41, 5.74) is 8.62. The third-order valence-electron chi connectivity index (χ3n) is 2.58. The predicted molar refractivity (Wildman–Crippen MR) is 82.7 cm³/mol. The summed E-state index contributed by atoms with van der Waals surface area (Å²) in [5, 5.41) is 2.87. The van der Waals surface area contributed by atoms with Crippen LogP contribution in [0.15, 0.2) is 42.5 Å². The van der Waals surface area contributed by atoms with Gasteiger partial charge in [0.15, 0.2) is 0 Å². The van der Waals surface area contributed by atoms with Gasteiger partial charge in [0.25, 0.3) is 5.91 Å². The Balaban J connectivity index is 2.28. The van der Waals surface area contributed by atoms with Crippen molar-refractivity contribution < 1.29 is 4.79 Å². The van der Waals surface area contributed by atoms with Crippen LogP contribution in [0.3, 0.4) is 0 Å². The average Bonchev–Trinajstić information content (AvgIpc) is 2.35. The molecular formula is C14H13IN2O. The molecule has 0 aliphatic heterocycles. The van der Waals surface area contributed by atoms with E-state index in [1.807, 2.05) is 37.3 Å². The van der Waals surface area contributed by atoms with Crippen LogP contribution in [-0.2, 0) is 0 Å². The molecule has 0 fully saturated rings. The van der Waals surface area contributed by atoms with Gasteiger partial charge in [-0.15, -0.1) is 0 Å². The molecular weight excluding hydrogens is 339 g/mol. The molecule has 0 bridgehead atoms. The first kappa shape index (κ1) is 12.9. The number of carbonyl (C=O) groups excluding carboxylic acids is 1. The molecule has 0 saturated heterocycles. The molecule has 2 aromatic rings. The van der Waals surface area contributed by atoms with E-state index in [9.17, 15) is 4.79 Å². The number of nitrogens with two attached hydrogens (primary N) is 1. The van der Waals surface area contributed by atoms with Crippen molar-refractivity contribution in [1.29, 1.82) is 0 Å². The summed E-state index contributed by atoms with van der Waals surface area (Å²) in [6.45, 7) is 1.93. The number of hydrogen-bond donors (Lipinski definition) is 2. The van der Waals surface area contributed by atoms with Gasteiger partial charge in [0, 0.05) is 9.26 Å². The quantitative estimate of drug-likeness (QED) is 0.643. The van der Waals surface area contributed by atoms with Gasteiger partial charge in [-0.25, -0.2) is 0 Å². The predicted octanol–water partition coefficient (Wildman–Crippen LogP) is 3.43. The molecule has 3 nitrogen and oxygen atoms in total. The highest BCUT2D eigenvalue weighted by Crippen LogP contribution is 2.20. The summed E-state index contributed by atoms with van der Waals surface area (Å²) in [6.07, 6.45) is 0. The maximum Gasteiger partial charge on any atom is 0.257 e. The second-order valence-electron chi connectivity index (χ2n) is 4.02. The molecule has 0 aliphatic carbocycles. The number of nitrogens with one attached hydrogen (secondary N) is 1. The molecule has 0 radical (unpaired) electrons. The second-order valence-corrected chi connectivity index (χ2v) is 5.19. The van der Waals surface area contributed by atoms with Crippen LogP contribution in [0.5, 0.6) is 0 Å². The molecule has 4 heteroatoms. The SMILES string of the molecule is Cc1ccc(N)c(C(=O)Nc2ccccc2I)c1. The third-order valence-corrected chi connectivity index (χ3v) is 3.52. The highest BCUT2D eigenvalue weighted by molar-refractivity contribution is 14.1. The molecule has 2 rings (SSSR count). The van der Waals surface area contributed by atoms with Gasteiger partial charge in [-0.3, -0.25) is 4.79 Å². The molecule has 0 unspecified atom stereocenters. The molecule has 1 amide bonds. The zero-order chi connectivity index (χ0) is 13.1. The number of carbonyl (C=O) groups is 1. The van der Waals surface area contributed by atoms with Crippen molar-refractivity contribution in [2.24, 2.45) is 0 Å². The largest absolute Gasteiger partial charge is 0.398 e. The van der Waals surface area contributed by atoms with E-state index in [0.717, 1.165) is 14.8 Å². The minimum atomic E-state index is -0.180. The molecule has 18 heavy (non-hydrogen) atoms. The number of halogens is 1. The number of hydrogen-bond acceptors (Lipinski definition) is 2. The first-order valence-corrected chi connectivity index (χ1v) is 6.58. The molecule has 2 aromatic carbocycles. The van der Waals surface area contributed by atoms with Crippen LogP contribution in [0, 0.1) is 10.5 Å². The zero-order valence-corrected chi connectivity index (χ0v) is 12.1. The average molecular weight is 352 g/mol. The first-order chi connectivity index (χ1) is 8.58. The molecule has 3 N–H and O–H groups in total. The summed E-state index contributed by atoms with van der Waals surface area (Å²) in [5.74, 6) is -0.180. The molecule has 0 heterocycles. The van der Waals surface area contributed by atoms with E-state index in [0.29, 0.717) is 11.3 Å². The van der Waals surface area contributed by atoms with Crippen molar-refractivity contribution >= 4 is 39.9 Å². The zero-order valence-electron chi connectivity index (χ0n) is 9.91. The number of amides is 1. The van der Waals surface area contributed by atoms with E-state index in [1.165, 1.54) is 0 Å². The first-order valence-electron chi connectivity index (χ1n) is 5.50. The van der Waals surface area contributed by atoms with E-state index in [2.05, 4.69) is 27.9 Å². The van der Waals surface area contributed by atoms with Gasteiger partial charge >= 0.3 is 0 Å². The molecule has 0 aliphatic rings. The van der Waals surface area contributed by atoms with Crippen molar-refractivity contribution in [3.05, 3.63) is 57.2 Å². The molecule has 0 spiro atoms. The molecule has 0 aromatic heterocycles. The fourth-order valence-corrected chi connectivity index (χ4v) is 2.14. The van der Waals surface area contributed by atoms with E-state index in [1.54, 1.807) is 12.1 Å². The monoisotopic (exact) mass is 352 g/mol. The lowest BCUT2D eigenvalue weighted by molar-refractivity contribution is 0.102. The minimum absolute atomic E-state index is 0.180. The lowest BCUT2D eigenvalue weighted by Crippen LogP contribution is -2.14. The molecule has 0 saturated carbocycles. The van der Waals surface area contributed by atoms with E-state index in [4.69, 9.17) is 5.73 Å². The number of para-hydroxylation sites is 1. The van der Waals surface area contributed by atoms with Crippen molar-refractivity contribution in [2.75, 3.05) is 11.1 Å². The van der Waals surface area contributed by atoms with E-state index >= 15 is 0 Å². The summed E-state index contributed by atoms with van der Waals surface area (Å²) >= 11 is 2.18. The fraction of sp³-hybridized carbons (Fsp3) is 0.0714. The lowest BCUT2D eigenvalue weighted by atomic mass is 10.1. The van der Waals surface area contributed by atoms with Crippen LogP contribution < -0.4 is 11.1 Å². The Bertz CT molecular complexity index is 596. The third kappa shape index (κ3) is 2.81. The Labute approximate surface area is 120 Å². The highest BCUT2D eigenvalue weighted by Gasteiger charge is 2.11.